The van der Waals surface area contributed by atoms with Gasteiger partial charge in [-0.25, -0.2) is 0 Å². The molecule has 31 heavy (non-hydrogen) atoms. The Hall–Kier alpha value is -3.39. The first-order valence-electron chi connectivity index (χ1n) is 10.3. The summed E-state index contributed by atoms with van der Waals surface area (Å²) in [4.78, 5) is 14.3. The topological polar surface area (TPSA) is 89.7 Å². The minimum atomic E-state index is -0.160. The van der Waals surface area contributed by atoms with Gasteiger partial charge in [-0.1, -0.05) is 17.7 Å². The summed E-state index contributed by atoms with van der Waals surface area (Å²) in [5, 5.41) is 11.1. The zero-order valence-corrected chi connectivity index (χ0v) is 18.3. The first kappa shape index (κ1) is 22.3. The fraction of sp³-hybridized carbons (Fsp3) is 0.348. The Kier molecular flexibility index (Phi) is 7.61. The monoisotopic (exact) mass is 424 g/mol. The number of ether oxygens (including phenoxy) is 2. The average Bonchev–Trinajstić information content (AvgIpc) is 3.19. The average molecular weight is 425 g/mol. The zero-order valence-electron chi connectivity index (χ0n) is 18.3. The van der Waals surface area contributed by atoms with E-state index in [1.54, 1.807) is 23.1 Å². The number of carbonyl (C=O) groups excluding carboxylic acids is 1. The van der Waals surface area contributed by atoms with E-state index in [9.17, 15) is 4.79 Å². The Bertz CT molecular complexity index is 1000. The molecule has 1 amide bonds. The lowest BCUT2D eigenvalue weighted by Gasteiger charge is -2.15. The number of carbonyl (C=O) groups is 1. The Balaban J connectivity index is 1.56. The number of nitrogens with zero attached hydrogens (tertiary/aromatic N) is 3. The summed E-state index contributed by atoms with van der Waals surface area (Å²) in [7, 11) is 1.82. The van der Waals surface area contributed by atoms with Gasteiger partial charge in [-0.05, 0) is 52.1 Å². The number of likely N-dealkylation sites (N-methyl/N-ethyl adjacent to an activating group) is 1. The summed E-state index contributed by atoms with van der Waals surface area (Å²) in [6, 6.07) is 13.2. The van der Waals surface area contributed by atoms with Crippen LogP contribution in [0, 0.1) is 6.92 Å². The van der Waals surface area contributed by atoms with Crippen LogP contribution in [0.15, 0.2) is 46.9 Å². The molecule has 0 saturated heterocycles. The lowest BCUT2D eigenvalue weighted by molar-refractivity contribution is -0.117. The largest absolute Gasteiger partial charge is 0.490 e. The molecule has 0 fully saturated rings. The van der Waals surface area contributed by atoms with E-state index in [0.29, 0.717) is 48.7 Å². The van der Waals surface area contributed by atoms with Gasteiger partial charge >= 0.3 is 0 Å². The fourth-order valence-electron chi connectivity index (χ4n) is 2.99. The molecule has 0 aliphatic rings. The van der Waals surface area contributed by atoms with E-state index in [1.807, 2.05) is 52.1 Å². The van der Waals surface area contributed by atoms with Gasteiger partial charge in [-0.3, -0.25) is 9.69 Å². The second-order valence-electron chi connectivity index (χ2n) is 7.11. The van der Waals surface area contributed by atoms with Gasteiger partial charge in [0.1, 0.15) is 0 Å². The van der Waals surface area contributed by atoms with Crippen molar-refractivity contribution >= 4 is 11.6 Å². The molecule has 0 saturated carbocycles. The van der Waals surface area contributed by atoms with Gasteiger partial charge in [0.2, 0.25) is 17.7 Å². The molecule has 3 aromatic rings. The molecule has 0 unspecified atom stereocenters. The lowest BCUT2D eigenvalue weighted by atomic mass is 10.1. The third kappa shape index (κ3) is 6.29. The van der Waals surface area contributed by atoms with Crippen molar-refractivity contribution in [3.8, 4) is 23.0 Å². The van der Waals surface area contributed by atoms with Crippen molar-refractivity contribution in [1.29, 1.82) is 0 Å². The minimum Gasteiger partial charge on any atom is -0.490 e. The smallest absolute Gasteiger partial charge is 0.247 e. The first-order valence-corrected chi connectivity index (χ1v) is 10.3. The Labute approximate surface area is 182 Å². The molecule has 0 spiro atoms. The van der Waals surface area contributed by atoms with Crippen LogP contribution in [0.2, 0.25) is 0 Å². The highest BCUT2D eigenvalue weighted by Gasteiger charge is 2.14. The SMILES string of the molecule is CCOc1ccc(NC(=O)CN(C)Cc2nnc(-c3ccc(C)cc3)o2)cc1OCC. The van der Waals surface area contributed by atoms with E-state index in [-0.39, 0.29) is 12.5 Å². The molecular formula is C23H28N4O4. The van der Waals surface area contributed by atoms with E-state index in [4.69, 9.17) is 13.9 Å². The van der Waals surface area contributed by atoms with Crippen molar-refractivity contribution in [2.75, 3.05) is 32.1 Å². The summed E-state index contributed by atoms with van der Waals surface area (Å²) in [6.07, 6.45) is 0. The summed E-state index contributed by atoms with van der Waals surface area (Å²) in [5.74, 6) is 2.01. The van der Waals surface area contributed by atoms with Crippen molar-refractivity contribution in [3.05, 3.63) is 53.9 Å². The summed E-state index contributed by atoms with van der Waals surface area (Å²) in [5.41, 5.74) is 2.67. The van der Waals surface area contributed by atoms with Gasteiger partial charge in [0.05, 0.1) is 26.3 Å². The van der Waals surface area contributed by atoms with Crippen LogP contribution >= 0.6 is 0 Å². The Morgan fingerprint density at radius 3 is 2.45 bits per heavy atom. The number of benzene rings is 2. The Morgan fingerprint density at radius 2 is 1.74 bits per heavy atom. The maximum atomic E-state index is 12.5. The first-order chi connectivity index (χ1) is 15.0. The summed E-state index contributed by atoms with van der Waals surface area (Å²) >= 11 is 0. The fourth-order valence-corrected chi connectivity index (χ4v) is 2.99. The minimum absolute atomic E-state index is 0.160. The van der Waals surface area contributed by atoms with Crippen LogP contribution in [0.4, 0.5) is 5.69 Å². The number of hydrogen-bond donors (Lipinski definition) is 1. The molecule has 8 nitrogen and oxygen atoms in total. The highest BCUT2D eigenvalue weighted by atomic mass is 16.5. The van der Waals surface area contributed by atoms with Crippen LogP contribution in [-0.2, 0) is 11.3 Å². The van der Waals surface area contributed by atoms with Crippen molar-refractivity contribution in [2.45, 2.75) is 27.3 Å². The van der Waals surface area contributed by atoms with Crippen LogP contribution in [0.5, 0.6) is 11.5 Å². The van der Waals surface area contributed by atoms with Crippen molar-refractivity contribution in [2.24, 2.45) is 0 Å². The van der Waals surface area contributed by atoms with Crippen molar-refractivity contribution < 1.29 is 18.7 Å². The van der Waals surface area contributed by atoms with E-state index in [0.717, 1.165) is 11.1 Å². The Morgan fingerprint density at radius 1 is 1.03 bits per heavy atom. The normalized spacial score (nSPS) is 10.9. The molecule has 8 heteroatoms. The van der Waals surface area contributed by atoms with Gasteiger partial charge in [-0.15, -0.1) is 10.2 Å². The van der Waals surface area contributed by atoms with Crippen LogP contribution in [-0.4, -0.2) is 47.8 Å². The third-order valence-corrected chi connectivity index (χ3v) is 4.41. The van der Waals surface area contributed by atoms with E-state index >= 15 is 0 Å². The predicted octanol–water partition coefficient (Wildman–Crippen LogP) is 3.91. The maximum absolute atomic E-state index is 12.5. The number of nitrogens with one attached hydrogen (secondary N) is 1. The summed E-state index contributed by atoms with van der Waals surface area (Å²) < 4.78 is 16.9. The second kappa shape index (κ2) is 10.6. The molecule has 1 heterocycles. The van der Waals surface area contributed by atoms with Crippen LogP contribution in [0.1, 0.15) is 25.3 Å². The molecule has 0 atom stereocenters. The van der Waals surface area contributed by atoms with Crippen molar-refractivity contribution in [3.63, 3.8) is 0 Å². The highest BCUT2D eigenvalue weighted by molar-refractivity contribution is 5.92. The number of aromatic nitrogens is 2. The highest BCUT2D eigenvalue weighted by Crippen LogP contribution is 2.30. The maximum Gasteiger partial charge on any atom is 0.247 e. The molecule has 3 rings (SSSR count). The van der Waals surface area contributed by atoms with Crippen LogP contribution < -0.4 is 14.8 Å². The number of amides is 1. The van der Waals surface area contributed by atoms with Gasteiger partial charge in [0, 0.05) is 17.3 Å². The molecule has 0 aliphatic heterocycles. The van der Waals surface area contributed by atoms with E-state index < -0.39 is 0 Å². The van der Waals surface area contributed by atoms with E-state index in [1.165, 1.54) is 0 Å². The second-order valence-corrected chi connectivity index (χ2v) is 7.11. The van der Waals surface area contributed by atoms with Crippen LogP contribution in [0.25, 0.3) is 11.5 Å². The van der Waals surface area contributed by atoms with Gasteiger partial charge in [0.15, 0.2) is 11.5 Å². The molecule has 0 radical (unpaired) electrons. The van der Waals surface area contributed by atoms with Gasteiger partial charge in [0.25, 0.3) is 0 Å². The summed E-state index contributed by atoms with van der Waals surface area (Å²) in [6.45, 7) is 7.41. The number of hydrogen-bond acceptors (Lipinski definition) is 7. The molecule has 164 valence electrons. The van der Waals surface area contributed by atoms with Crippen LogP contribution in [0.3, 0.4) is 0 Å². The molecule has 1 N–H and O–H groups in total. The molecule has 2 aromatic carbocycles. The number of aryl methyl sites for hydroxylation is 1. The standard InChI is InChI=1S/C23H28N4O4/c1-5-29-19-12-11-18(13-20(19)30-6-2)24-21(28)14-27(4)15-22-25-26-23(31-22)17-9-7-16(3)8-10-17/h7-13H,5-6,14-15H2,1-4H3,(H,24,28). The third-order valence-electron chi connectivity index (χ3n) is 4.41. The van der Waals surface area contributed by atoms with Gasteiger partial charge < -0.3 is 19.2 Å². The molecule has 0 aliphatic carbocycles. The van der Waals surface area contributed by atoms with Crippen molar-refractivity contribution in [1.82, 2.24) is 15.1 Å². The zero-order chi connectivity index (χ0) is 22.2. The number of rotatable bonds is 10. The number of anilines is 1. The predicted molar refractivity (Wildman–Crippen MR) is 118 cm³/mol. The molecule has 1 aromatic heterocycles. The van der Waals surface area contributed by atoms with E-state index in [2.05, 4.69) is 15.5 Å². The quantitative estimate of drug-likeness (QED) is 0.528. The lowest BCUT2D eigenvalue weighted by Crippen LogP contribution is -2.30. The molecular weight excluding hydrogens is 396 g/mol. The molecule has 0 bridgehead atoms. The van der Waals surface area contributed by atoms with Gasteiger partial charge in [-0.2, -0.15) is 0 Å².